The van der Waals surface area contributed by atoms with E-state index in [1.54, 1.807) is 7.11 Å². The van der Waals surface area contributed by atoms with E-state index in [9.17, 15) is 0 Å². The van der Waals surface area contributed by atoms with Gasteiger partial charge in [-0.1, -0.05) is 30.3 Å². The van der Waals surface area contributed by atoms with E-state index in [-0.39, 0.29) is 5.60 Å². The molecule has 2 atom stereocenters. The van der Waals surface area contributed by atoms with Gasteiger partial charge in [0.2, 0.25) is 0 Å². The fraction of sp³-hybridized carbons (Fsp3) is 0.500. The molecule has 0 aliphatic carbocycles. The van der Waals surface area contributed by atoms with Crippen molar-refractivity contribution in [3.05, 3.63) is 59.7 Å². The van der Waals surface area contributed by atoms with E-state index < -0.39 is 0 Å². The number of ether oxygens (including phenoxy) is 2. The summed E-state index contributed by atoms with van der Waals surface area (Å²) < 4.78 is 11.7. The first-order chi connectivity index (χ1) is 14.4. The zero-order valence-electron chi connectivity index (χ0n) is 19.1. The van der Waals surface area contributed by atoms with E-state index in [1.807, 2.05) is 12.3 Å². The zero-order valence-corrected chi connectivity index (χ0v) is 19.1. The van der Waals surface area contributed by atoms with Gasteiger partial charge in [-0.3, -0.25) is 4.99 Å². The fourth-order valence-corrected chi connectivity index (χ4v) is 4.48. The van der Waals surface area contributed by atoms with Gasteiger partial charge in [0.05, 0.1) is 12.7 Å². The molecule has 0 radical (unpaired) electrons. The molecule has 1 saturated heterocycles. The molecule has 4 nitrogen and oxygen atoms in total. The summed E-state index contributed by atoms with van der Waals surface area (Å²) >= 11 is 0. The summed E-state index contributed by atoms with van der Waals surface area (Å²) in [5.41, 5.74) is 3.57. The molecule has 2 aromatic carbocycles. The summed E-state index contributed by atoms with van der Waals surface area (Å²) in [4.78, 5) is 6.86. The van der Waals surface area contributed by atoms with Crippen LogP contribution in [0.3, 0.4) is 0 Å². The number of hydrogen-bond donors (Lipinski definition) is 0. The monoisotopic (exact) mass is 408 g/mol. The third kappa shape index (κ3) is 5.85. The van der Waals surface area contributed by atoms with Crippen LogP contribution in [0, 0.1) is 5.92 Å². The number of hydrogen-bond acceptors (Lipinski definition) is 4. The van der Waals surface area contributed by atoms with E-state index in [1.165, 1.54) is 11.3 Å². The average molecular weight is 409 g/mol. The van der Waals surface area contributed by atoms with Crippen LogP contribution in [0.5, 0.6) is 5.75 Å². The SMILES string of the molecule is COc1ccccc1[C@H](CCN=Cc1ccc(N(C)C)cc1)[C@H]1CCOC(C)(C)C1. The van der Waals surface area contributed by atoms with Gasteiger partial charge < -0.3 is 14.4 Å². The van der Waals surface area contributed by atoms with Crippen molar-refractivity contribution in [1.82, 2.24) is 0 Å². The van der Waals surface area contributed by atoms with E-state index in [2.05, 4.69) is 75.3 Å². The van der Waals surface area contributed by atoms with Crippen LogP contribution in [0.25, 0.3) is 0 Å². The number of para-hydroxylation sites is 1. The second-order valence-electron chi connectivity index (χ2n) is 9.02. The molecule has 0 bridgehead atoms. The Bertz CT molecular complexity index is 827. The number of benzene rings is 2. The molecule has 1 heterocycles. The van der Waals surface area contributed by atoms with Crippen molar-refractivity contribution >= 4 is 11.9 Å². The van der Waals surface area contributed by atoms with Gasteiger partial charge in [-0.25, -0.2) is 0 Å². The molecule has 0 amide bonds. The maximum absolute atomic E-state index is 5.98. The molecule has 0 aromatic heterocycles. The normalized spacial score (nSPS) is 19.6. The van der Waals surface area contributed by atoms with Crippen LogP contribution >= 0.6 is 0 Å². The van der Waals surface area contributed by atoms with Gasteiger partial charge in [-0.2, -0.15) is 0 Å². The van der Waals surface area contributed by atoms with Crippen molar-refractivity contribution in [2.45, 2.75) is 44.6 Å². The van der Waals surface area contributed by atoms with Gasteiger partial charge in [-0.05, 0) is 74.3 Å². The second kappa shape index (κ2) is 10.1. The highest BCUT2D eigenvalue weighted by Crippen LogP contribution is 2.42. The molecule has 0 N–H and O–H groups in total. The molecule has 0 saturated carbocycles. The lowest BCUT2D eigenvalue weighted by Crippen LogP contribution is -2.36. The van der Waals surface area contributed by atoms with Crippen LogP contribution in [0.15, 0.2) is 53.5 Å². The third-order valence-electron chi connectivity index (χ3n) is 6.06. The van der Waals surface area contributed by atoms with Crippen LogP contribution in [-0.2, 0) is 4.74 Å². The van der Waals surface area contributed by atoms with Gasteiger partial charge >= 0.3 is 0 Å². The predicted octanol–water partition coefficient (Wildman–Crippen LogP) is 5.56. The minimum Gasteiger partial charge on any atom is -0.496 e. The number of methoxy groups -OCH3 is 1. The highest BCUT2D eigenvalue weighted by molar-refractivity contribution is 5.80. The molecule has 0 unspecified atom stereocenters. The first kappa shape index (κ1) is 22.4. The van der Waals surface area contributed by atoms with Crippen LogP contribution in [0.1, 0.15) is 50.2 Å². The van der Waals surface area contributed by atoms with Crippen LogP contribution in [0.4, 0.5) is 5.69 Å². The Morgan fingerprint density at radius 1 is 1.17 bits per heavy atom. The van der Waals surface area contributed by atoms with Gasteiger partial charge in [0.1, 0.15) is 5.75 Å². The van der Waals surface area contributed by atoms with Crippen molar-refractivity contribution in [3.63, 3.8) is 0 Å². The minimum absolute atomic E-state index is 0.0688. The lowest BCUT2D eigenvalue weighted by atomic mass is 9.75. The number of anilines is 1. The van der Waals surface area contributed by atoms with Crippen molar-refractivity contribution in [2.24, 2.45) is 10.9 Å². The topological polar surface area (TPSA) is 34.1 Å². The largest absolute Gasteiger partial charge is 0.496 e. The summed E-state index contributed by atoms with van der Waals surface area (Å²) in [5, 5.41) is 0. The number of rotatable bonds is 8. The molecule has 30 heavy (non-hydrogen) atoms. The Kier molecular flexibility index (Phi) is 7.54. The van der Waals surface area contributed by atoms with Crippen LogP contribution in [-0.4, -0.2) is 46.2 Å². The molecule has 1 aliphatic rings. The van der Waals surface area contributed by atoms with Crippen molar-refractivity contribution in [1.29, 1.82) is 0 Å². The zero-order chi connectivity index (χ0) is 21.6. The van der Waals surface area contributed by atoms with E-state index >= 15 is 0 Å². The highest BCUT2D eigenvalue weighted by Gasteiger charge is 2.34. The molecule has 1 fully saturated rings. The fourth-order valence-electron chi connectivity index (χ4n) is 4.48. The molecule has 162 valence electrons. The van der Waals surface area contributed by atoms with Gasteiger partial charge in [0.25, 0.3) is 0 Å². The molecule has 2 aromatic rings. The summed E-state index contributed by atoms with van der Waals surface area (Å²) in [6, 6.07) is 17.0. The number of nitrogens with zero attached hydrogens (tertiary/aromatic N) is 2. The van der Waals surface area contributed by atoms with Crippen molar-refractivity contribution in [3.8, 4) is 5.75 Å². The summed E-state index contributed by atoms with van der Waals surface area (Å²) in [7, 11) is 5.87. The third-order valence-corrected chi connectivity index (χ3v) is 6.06. The maximum Gasteiger partial charge on any atom is 0.122 e. The molecular weight excluding hydrogens is 372 g/mol. The van der Waals surface area contributed by atoms with Crippen molar-refractivity contribution < 1.29 is 9.47 Å². The van der Waals surface area contributed by atoms with Gasteiger partial charge in [-0.15, -0.1) is 0 Å². The molecule has 1 aliphatic heterocycles. The smallest absolute Gasteiger partial charge is 0.122 e. The van der Waals surface area contributed by atoms with E-state index in [0.717, 1.165) is 43.7 Å². The Hall–Kier alpha value is -2.33. The minimum atomic E-state index is -0.0688. The Balaban J connectivity index is 1.72. The first-order valence-corrected chi connectivity index (χ1v) is 10.9. The number of aliphatic imine (C=N–C) groups is 1. The van der Waals surface area contributed by atoms with Gasteiger partial charge in [0, 0.05) is 39.1 Å². The van der Waals surface area contributed by atoms with Crippen LogP contribution in [0.2, 0.25) is 0 Å². The molecule has 4 heteroatoms. The van der Waals surface area contributed by atoms with E-state index in [0.29, 0.717) is 11.8 Å². The lowest BCUT2D eigenvalue weighted by molar-refractivity contribution is -0.0771. The Morgan fingerprint density at radius 3 is 2.57 bits per heavy atom. The average Bonchev–Trinajstić information content (AvgIpc) is 2.73. The van der Waals surface area contributed by atoms with Gasteiger partial charge in [0.15, 0.2) is 0 Å². The summed E-state index contributed by atoms with van der Waals surface area (Å²) in [5.74, 6) is 1.97. The molecule has 0 spiro atoms. The molecular formula is C26H36N2O2. The van der Waals surface area contributed by atoms with Crippen LogP contribution < -0.4 is 9.64 Å². The standard InChI is InChI=1S/C26H36N2O2/c1-26(2)18-21(15-17-30-26)23(24-8-6-7-9-25(24)29-5)14-16-27-19-20-10-12-22(13-11-20)28(3)4/h6-13,19,21,23H,14-18H2,1-5H3/t21-,23+/m0/s1. The summed E-state index contributed by atoms with van der Waals surface area (Å²) in [6.45, 7) is 6.03. The Labute approximate surface area is 181 Å². The summed E-state index contributed by atoms with van der Waals surface area (Å²) in [6.07, 6.45) is 5.15. The predicted molar refractivity (Wildman–Crippen MR) is 126 cm³/mol. The maximum atomic E-state index is 5.98. The highest BCUT2D eigenvalue weighted by atomic mass is 16.5. The Morgan fingerprint density at radius 2 is 1.90 bits per heavy atom. The van der Waals surface area contributed by atoms with E-state index in [4.69, 9.17) is 14.5 Å². The second-order valence-corrected chi connectivity index (χ2v) is 9.02. The first-order valence-electron chi connectivity index (χ1n) is 10.9. The quantitative estimate of drug-likeness (QED) is 0.536. The molecule has 3 rings (SSSR count). The lowest BCUT2D eigenvalue weighted by Gasteiger charge is -2.39. The van der Waals surface area contributed by atoms with Crippen molar-refractivity contribution in [2.75, 3.05) is 39.3 Å².